The minimum atomic E-state index is -0.136. The van der Waals surface area contributed by atoms with Crippen LogP contribution in [0.25, 0.3) is 5.57 Å². The second-order valence-corrected chi connectivity index (χ2v) is 6.70. The highest BCUT2D eigenvalue weighted by molar-refractivity contribution is 7.11. The van der Waals surface area contributed by atoms with E-state index in [1.54, 1.807) is 0 Å². The van der Waals surface area contributed by atoms with Crippen molar-refractivity contribution < 1.29 is 9.59 Å². The van der Waals surface area contributed by atoms with E-state index >= 15 is 0 Å². The summed E-state index contributed by atoms with van der Waals surface area (Å²) in [6.07, 6.45) is 0.783. The van der Waals surface area contributed by atoms with Gasteiger partial charge in [-0.1, -0.05) is 13.0 Å². The zero-order valence-electron chi connectivity index (χ0n) is 13.0. The van der Waals surface area contributed by atoms with Gasteiger partial charge in [0.1, 0.15) is 5.70 Å². The number of nitrogens with zero attached hydrogens (tertiary/aromatic N) is 3. The van der Waals surface area contributed by atoms with Crippen molar-refractivity contribution in [3.05, 3.63) is 28.1 Å². The highest BCUT2D eigenvalue weighted by Crippen LogP contribution is 2.34. The van der Waals surface area contributed by atoms with Gasteiger partial charge >= 0.3 is 0 Å². The molecule has 1 aromatic rings. The van der Waals surface area contributed by atoms with E-state index in [2.05, 4.69) is 16.8 Å². The minimum absolute atomic E-state index is 0.125. The lowest BCUT2D eigenvalue weighted by Crippen LogP contribution is -2.46. The normalized spacial score (nSPS) is 20.5. The maximum Gasteiger partial charge on any atom is 0.277 e. The number of carbonyl (C=O) groups is 2. The van der Waals surface area contributed by atoms with Crippen molar-refractivity contribution in [3.63, 3.8) is 0 Å². The fraction of sp³-hybridized carbons (Fsp3) is 0.500. The van der Waals surface area contributed by atoms with Gasteiger partial charge in [0.2, 0.25) is 0 Å². The Morgan fingerprint density at radius 3 is 2.45 bits per heavy atom. The Labute approximate surface area is 134 Å². The fourth-order valence-electron chi connectivity index (χ4n) is 2.96. The van der Waals surface area contributed by atoms with Crippen molar-refractivity contribution in [2.45, 2.75) is 13.3 Å². The molecule has 3 heterocycles. The molecule has 0 bridgehead atoms. The van der Waals surface area contributed by atoms with Crippen molar-refractivity contribution >= 4 is 28.7 Å². The topological polar surface area (TPSA) is 43.9 Å². The molecule has 0 spiro atoms. The van der Waals surface area contributed by atoms with Gasteiger partial charge in [-0.15, -0.1) is 11.3 Å². The summed E-state index contributed by atoms with van der Waals surface area (Å²) in [6, 6.07) is 3.85. The first kappa shape index (κ1) is 15.2. The molecule has 2 amide bonds. The van der Waals surface area contributed by atoms with Gasteiger partial charge in [-0.05, 0) is 24.9 Å². The number of piperazine rings is 1. The lowest BCUT2D eigenvalue weighted by molar-refractivity contribution is -0.137. The summed E-state index contributed by atoms with van der Waals surface area (Å²) in [5.74, 6) is -0.261. The van der Waals surface area contributed by atoms with Gasteiger partial charge < -0.3 is 9.80 Å². The Bertz CT molecular complexity index is 601. The summed E-state index contributed by atoms with van der Waals surface area (Å²) < 4.78 is 0. The van der Waals surface area contributed by atoms with Crippen LogP contribution in [0.15, 0.2) is 23.2 Å². The summed E-state index contributed by atoms with van der Waals surface area (Å²) in [6.45, 7) is 5.88. The van der Waals surface area contributed by atoms with Crippen LogP contribution in [0.3, 0.4) is 0 Å². The van der Waals surface area contributed by atoms with Gasteiger partial charge in [0, 0.05) is 37.6 Å². The van der Waals surface area contributed by atoms with Crippen LogP contribution in [0.1, 0.15) is 18.2 Å². The maximum atomic E-state index is 12.8. The molecule has 118 valence electrons. The Morgan fingerprint density at radius 1 is 1.14 bits per heavy atom. The van der Waals surface area contributed by atoms with E-state index in [4.69, 9.17) is 0 Å². The first-order valence-corrected chi connectivity index (χ1v) is 8.59. The standard InChI is InChI=1S/C16H21N3O2S/c1-3-6-19-15(20)13(12-5-4-11-22-12)14(16(19)21)18-9-7-17(2)8-10-18/h4-5,11H,3,6-10H2,1-2H3. The quantitative estimate of drug-likeness (QED) is 0.789. The van der Waals surface area contributed by atoms with E-state index in [9.17, 15) is 9.59 Å². The van der Waals surface area contributed by atoms with Gasteiger partial charge in [-0.25, -0.2) is 0 Å². The third kappa shape index (κ3) is 2.57. The summed E-state index contributed by atoms with van der Waals surface area (Å²) >= 11 is 1.52. The monoisotopic (exact) mass is 319 g/mol. The molecule has 1 saturated heterocycles. The molecule has 6 heteroatoms. The van der Waals surface area contributed by atoms with Crippen LogP contribution < -0.4 is 0 Å². The molecule has 22 heavy (non-hydrogen) atoms. The van der Waals surface area contributed by atoms with Crippen molar-refractivity contribution in [2.75, 3.05) is 39.8 Å². The molecule has 1 fully saturated rings. The SMILES string of the molecule is CCCN1C(=O)C(c2cccs2)=C(N2CCN(C)CC2)C1=O. The molecule has 0 aromatic carbocycles. The van der Waals surface area contributed by atoms with Gasteiger partial charge in [0.15, 0.2) is 0 Å². The highest BCUT2D eigenvalue weighted by atomic mass is 32.1. The third-order valence-electron chi connectivity index (χ3n) is 4.18. The lowest BCUT2D eigenvalue weighted by atomic mass is 10.1. The Hall–Kier alpha value is -1.66. The number of thiophene rings is 1. The molecule has 0 N–H and O–H groups in total. The number of likely N-dealkylation sites (N-methyl/N-ethyl adjacent to an activating group) is 1. The van der Waals surface area contributed by atoms with E-state index in [1.165, 1.54) is 16.2 Å². The van der Waals surface area contributed by atoms with Crippen LogP contribution in [0.4, 0.5) is 0 Å². The lowest BCUT2D eigenvalue weighted by Gasteiger charge is -2.34. The average Bonchev–Trinajstić information content (AvgIpc) is 3.10. The van der Waals surface area contributed by atoms with Crippen LogP contribution >= 0.6 is 11.3 Å². The van der Waals surface area contributed by atoms with Crippen LogP contribution in [-0.4, -0.2) is 66.3 Å². The zero-order chi connectivity index (χ0) is 15.7. The maximum absolute atomic E-state index is 12.8. The molecule has 2 aliphatic heterocycles. The first-order valence-electron chi connectivity index (χ1n) is 7.71. The van der Waals surface area contributed by atoms with E-state index in [0.717, 1.165) is 37.5 Å². The molecule has 0 unspecified atom stereocenters. The van der Waals surface area contributed by atoms with E-state index < -0.39 is 0 Å². The van der Waals surface area contributed by atoms with Gasteiger partial charge in [-0.3, -0.25) is 14.5 Å². The smallest absolute Gasteiger partial charge is 0.277 e. The number of hydrogen-bond acceptors (Lipinski definition) is 5. The van der Waals surface area contributed by atoms with E-state index in [1.807, 2.05) is 24.4 Å². The molecule has 0 aliphatic carbocycles. The van der Waals surface area contributed by atoms with Crippen molar-refractivity contribution in [3.8, 4) is 0 Å². The molecule has 2 aliphatic rings. The summed E-state index contributed by atoms with van der Waals surface area (Å²) in [5, 5.41) is 1.95. The molecule has 5 nitrogen and oxygen atoms in total. The summed E-state index contributed by atoms with van der Waals surface area (Å²) in [7, 11) is 2.08. The Kier molecular flexibility index (Phi) is 4.31. The van der Waals surface area contributed by atoms with Gasteiger partial charge in [0.05, 0.1) is 5.57 Å². The second kappa shape index (κ2) is 6.22. The molecule has 0 atom stereocenters. The molecule has 0 saturated carbocycles. The van der Waals surface area contributed by atoms with Crippen LogP contribution in [0, 0.1) is 0 Å². The Morgan fingerprint density at radius 2 is 1.86 bits per heavy atom. The van der Waals surface area contributed by atoms with E-state index in [-0.39, 0.29) is 11.8 Å². The third-order valence-corrected chi connectivity index (χ3v) is 5.07. The second-order valence-electron chi connectivity index (χ2n) is 5.75. The summed E-state index contributed by atoms with van der Waals surface area (Å²) in [5.41, 5.74) is 1.20. The predicted octanol–water partition coefficient (Wildman–Crippen LogP) is 1.49. The first-order chi connectivity index (χ1) is 10.6. The predicted molar refractivity (Wildman–Crippen MR) is 87.3 cm³/mol. The van der Waals surface area contributed by atoms with Gasteiger partial charge in [0.25, 0.3) is 11.8 Å². The molecule has 1 aromatic heterocycles. The van der Waals surface area contributed by atoms with Crippen molar-refractivity contribution in [1.29, 1.82) is 0 Å². The number of rotatable bonds is 4. The van der Waals surface area contributed by atoms with Crippen LogP contribution in [0.5, 0.6) is 0 Å². The van der Waals surface area contributed by atoms with Crippen molar-refractivity contribution in [1.82, 2.24) is 14.7 Å². The number of amides is 2. The molecule has 0 radical (unpaired) electrons. The zero-order valence-corrected chi connectivity index (χ0v) is 13.9. The average molecular weight is 319 g/mol. The van der Waals surface area contributed by atoms with E-state index in [0.29, 0.717) is 17.8 Å². The number of imide groups is 1. The summed E-state index contributed by atoms with van der Waals surface area (Å²) in [4.78, 5) is 32.2. The fourth-order valence-corrected chi connectivity index (χ4v) is 3.72. The van der Waals surface area contributed by atoms with Crippen LogP contribution in [-0.2, 0) is 9.59 Å². The van der Waals surface area contributed by atoms with Crippen LogP contribution in [0.2, 0.25) is 0 Å². The van der Waals surface area contributed by atoms with Gasteiger partial charge in [-0.2, -0.15) is 0 Å². The Balaban J connectivity index is 1.99. The highest BCUT2D eigenvalue weighted by Gasteiger charge is 2.41. The number of carbonyl (C=O) groups excluding carboxylic acids is 2. The molecule has 3 rings (SSSR count). The minimum Gasteiger partial charge on any atom is -0.364 e. The van der Waals surface area contributed by atoms with Crippen molar-refractivity contribution in [2.24, 2.45) is 0 Å². The molecular weight excluding hydrogens is 298 g/mol. The number of hydrogen-bond donors (Lipinski definition) is 0. The largest absolute Gasteiger partial charge is 0.364 e. The molecular formula is C16H21N3O2S.